The maximum atomic E-state index is 11.3. The Kier molecular flexibility index (Phi) is 7.62. The van der Waals surface area contributed by atoms with E-state index < -0.39 is 79.6 Å². The van der Waals surface area contributed by atoms with Crippen molar-refractivity contribution in [2.45, 2.75) is 67.4 Å². The second kappa shape index (κ2) is 9.10. The van der Waals surface area contributed by atoms with Crippen LogP contribution in [0.2, 0.25) is 0 Å². The van der Waals surface area contributed by atoms with E-state index in [4.69, 9.17) is 14.2 Å². The van der Waals surface area contributed by atoms with Crippen molar-refractivity contribution in [2.75, 3.05) is 13.2 Å². The van der Waals surface area contributed by atoms with Gasteiger partial charge in [-0.15, -0.1) is 12.6 Å². The molecule has 26 heavy (non-hydrogen) atoms. The molecule has 0 aliphatic carbocycles. The quantitative estimate of drug-likeness (QED) is 0.211. The minimum atomic E-state index is -1.69. The van der Waals surface area contributed by atoms with Crippen molar-refractivity contribution in [3.63, 3.8) is 0 Å². The van der Waals surface area contributed by atoms with Gasteiger partial charge in [-0.05, 0) is 0 Å². The van der Waals surface area contributed by atoms with E-state index in [0.717, 1.165) is 0 Å². The lowest BCUT2D eigenvalue weighted by molar-refractivity contribution is -0.333. The van der Waals surface area contributed by atoms with Gasteiger partial charge in [-0.2, -0.15) is 0 Å². The summed E-state index contributed by atoms with van der Waals surface area (Å²) in [5, 5.41) is 61.3. The van der Waals surface area contributed by atoms with Crippen LogP contribution in [0.3, 0.4) is 0 Å². The first kappa shape index (κ1) is 21.8. The van der Waals surface area contributed by atoms with Crippen LogP contribution in [0.4, 0.5) is 0 Å². The first-order chi connectivity index (χ1) is 12.2. The molecule has 2 aliphatic heterocycles. The summed E-state index contributed by atoms with van der Waals surface area (Å²) in [4.78, 5) is 11.3. The number of hydrogen-bond donors (Lipinski definition) is 8. The summed E-state index contributed by atoms with van der Waals surface area (Å²) in [6, 6.07) is -0.978. The molecule has 7 N–H and O–H groups in total. The number of amides is 1. The first-order valence-corrected chi connectivity index (χ1v) is 8.58. The lowest BCUT2D eigenvalue weighted by Crippen LogP contribution is -2.66. The molecule has 0 spiro atoms. The fraction of sp³-hybridized carbons (Fsp3) is 0.929. The lowest BCUT2D eigenvalue weighted by atomic mass is 9.96. The van der Waals surface area contributed by atoms with Gasteiger partial charge in [0.25, 0.3) is 0 Å². The Bertz CT molecular complexity index is 483. The zero-order chi connectivity index (χ0) is 19.6. The molecule has 0 saturated carbocycles. The third-order valence-electron chi connectivity index (χ3n) is 4.38. The Morgan fingerprint density at radius 2 is 1.62 bits per heavy atom. The van der Waals surface area contributed by atoms with Crippen LogP contribution in [0, 0.1) is 0 Å². The average Bonchev–Trinajstić information content (AvgIpc) is 2.60. The molecule has 2 saturated heterocycles. The Labute approximate surface area is 154 Å². The van der Waals surface area contributed by atoms with Crippen molar-refractivity contribution in [1.29, 1.82) is 0 Å². The summed E-state index contributed by atoms with van der Waals surface area (Å²) in [6.07, 6.45) is -11.4. The summed E-state index contributed by atoms with van der Waals surface area (Å²) >= 11 is 4.13. The minimum absolute atomic E-state index is 0.453. The number of carbonyl (C=O) groups is 1. The van der Waals surface area contributed by atoms with Crippen LogP contribution in [0.15, 0.2) is 0 Å². The monoisotopic (exact) mass is 399 g/mol. The SMILES string of the molecule is CC(=O)NC1[C@H](S)OC(CO)[C@@H](O[C@@H]2OC(CO)[C@H](O)[C@H](O)C2O)[C@@H]1O. The van der Waals surface area contributed by atoms with Crippen molar-refractivity contribution in [3.05, 3.63) is 0 Å². The molecule has 0 aromatic rings. The van der Waals surface area contributed by atoms with E-state index >= 15 is 0 Å². The highest BCUT2D eigenvalue weighted by Gasteiger charge is 2.50. The maximum absolute atomic E-state index is 11.3. The van der Waals surface area contributed by atoms with E-state index in [1.54, 1.807) is 0 Å². The number of hydrogen-bond acceptors (Lipinski definition) is 11. The zero-order valence-corrected chi connectivity index (χ0v) is 14.8. The van der Waals surface area contributed by atoms with Crippen molar-refractivity contribution < 1.29 is 49.6 Å². The van der Waals surface area contributed by atoms with E-state index in [-0.39, 0.29) is 0 Å². The molecule has 0 aromatic carbocycles. The molecule has 2 fully saturated rings. The molecular formula is C14H25NO10S. The summed E-state index contributed by atoms with van der Waals surface area (Å²) in [7, 11) is 0. The first-order valence-electron chi connectivity index (χ1n) is 8.06. The van der Waals surface area contributed by atoms with E-state index in [0.29, 0.717) is 0 Å². The Balaban J connectivity index is 2.16. The predicted molar refractivity (Wildman–Crippen MR) is 87.0 cm³/mol. The van der Waals surface area contributed by atoms with Crippen molar-refractivity contribution in [3.8, 4) is 0 Å². The number of aliphatic hydroxyl groups is 6. The van der Waals surface area contributed by atoms with Crippen molar-refractivity contribution >= 4 is 18.5 Å². The minimum Gasteiger partial charge on any atom is -0.394 e. The topological polar surface area (TPSA) is 178 Å². The van der Waals surface area contributed by atoms with E-state index in [1.807, 2.05) is 0 Å². The second-order valence-electron chi connectivity index (χ2n) is 6.26. The van der Waals surface area contributed by atoms with Gasteiger partial charge in [0.05, 0.1) is 19.3 Å². The molecule has 0 radical (unpaired) electrons. The molecule has 10 atom stereocenters. The van der Waals surface area contributed by atoms with Gasteiger partial charge >= 0.3 is 0 Å². The van der Waals surface area contributed by atoms with Crippen LogP contribution in [0.5, 0.6) is 0 Å². The molecule has 2 heterocycles. The van der Waals surface area contributed by atoms with Gasteiger partial charge in [-0.3, -0.25) is 4.79 Å². The second-order valence-corrected chi connectivity index (χ2v) is 6.77. The molecule has 12 heteroatoms. The molecule has 0 bridgehead atoms. The largest absolute Gasteiger partial charge is 0.394 e. The highest BCUT2D eigenvalue weighted by atomic mass is 32.1. The van der Waals surface area contributed by atoms with Crippen LogP contribution in [-0.2, 0) is 19.0 Å². The summed E-state index contributed by atoms with van der Waals surface area (Å²) in [5.74, 6) is -0.453. The zero-order valence-electron chi connectivity index (χ0n) is 14.0. The normalized spacial score (nSPS) is 46.8. The third-order valence-corrected chi connectivity index (χ3v) is 4.82. The molecule has 1 amide bonds. The van der Waals surface area contributed by atoms with Crippen molar-refractivity contribution in [2.24, 2.45) is 0 Å². The number of aliphatic hydroxyl groups excluding tert-OH is 6. The van der Waals surface area contributed by atoms with Crippen LogP contribution in [-0.4, -0.2) is 110 Å². The average molecular weight is 399 g/mol. The fourth-order valence-electron chi connectivity index (χ4n) is 2.98. The molecule has 152 valence electrons. The third kappa shape index (κ3) is 4.47. The van der Waals surface area contributed by atoms with Crippen LogP contribution in [0.25, 0.3) is 0 Å². The van der Waals surface area contributed by atoms with Gasteiger partial charge in [0, 0.05) is 6.92 Å². The molecule has 2 aliphatic rings. The predicted octanol–water partition coefficient (Wildman–Crippen LogP) is -4.32. The Morgan fingerprint density at radius 1 is 1.00 bits per heavy atom. The number of carbonyl (C=O) groups excluding carboxylic acids is 1. The molecule has 2 rings (SSSR count). The van der Waals surface area contributed by atoms with Crippen LogP contribution >= 0.6 is 12.6 Å². The number of nitrogens with one attached hydrogen (secondary N) is 1. The van der Waals surface area contributed by atoms with E-state index in [2.05, 4.69) is 17.9 Å². The van der Waals surface area contributed by atoms with Crippen LogP contribution in [0.1, 0.15) is 6.92 Å². The van der Waals surface area contributed by atoms with Gasteiger partial charge in [0.1, 0.15) is 48.2 Å². The van der Waals surface area contributed by atoms with Crippen molar-refractivity contribution in [1.82, 2.24) is 5.32 Å². The number of rotatable bonds is 5. The molecular weight excluding hydrogens is 374 g/mol. The molecule has 4 unspecified atom stereocenters. The molecule has 0 aromatic heterocycles. The summed E-state index contributed by atoms with van der Waals surface area (Å²) in [6.45, 7) is 0.0208. The lowest BCUT2D eigenvalue weighted by Gasteiger charge is -2.46. The van der Waals surface area contributed by atoms with Crippen LogP contribution < -0.4 is 5.32 Å². The smallest absolute Gasteiger partial charge is 0.217 e. The van der Waals surface area contributed by atoms with Gasteiger partial charge < -0.3 is 50.2 Å². The fourth-order valence-corrected chi connectivity index (χ4v) is 3.38. The van der Waals surface area contributed by atoms with Gasteiger partial charge in [-0.25, -0.2) is 0 Å². The van der Waals surface area contributed by atoms with Gasteiger partial charge in [0.2, 0.25) is 5.91 Å². The maximum Gasteiger partial charge on any atom is 0.217 e. The Hall–Kier alpha value is -0.540. The van der Waals surface area contributed by atoms with Gasteiger partial charge in [-0.1, -0.05) is 0 Å². The number of thiol groups is 1. The summed E-state index contributed by atoms with van der Waals surface area (Å²) in [5.41, 5.74) is -0.930. The standard InChI is InChI=1S/C14H25NO10S/c1-4(18)15-7-9(20)12(6(3-17)24-14(7)26)25-13-11(22)10(21)8(19)5(2-16)23-13/h5-14,16-17,19-22,26H,2-3H2,1H3,(H,15,18)/t5?,6?,7?,8-,9+,10-,11?,12+,13-,14-/m0/s1. The highest BCUT2D eigenvalue weighted by Crippen LogP contribution is 2.30. The highest BCUT2D eigenvalue weighted by molar-refractivity contribution is 7.80. The number of ether oxygens (including phenoxy) is 3. The Morgan fingerprint density at radius 3 is 2.15 bits per heavy atom. The van der Waals surface area contributed by atoms with E-state index in [1.165, 1.54) is 6.92 Å². The van der Waals surface area contributed by atoms with Gasteiger partial charge in [0.15, 0.2) is 6.29 Å². The summed E-state index contributed by atoms with van der Waals surface area (Å²) < 4.78 is 16.2. The molecule has 11 nitrogen and oxygen atoms in total. The van der Waals surface area contributed by atoms with E-state index in [9.17, 15) is 35.4 Å².